The molecule has 1 aliphatic rings. The normalized spacial score (nSPS) is 20.6. The Morgan fingerprint density at radius 2 is 2.25 bits per heavy atom. The molecule has 1 aliphatic carbocycles. The standard InChI is InChI=1S/C16H19NO3/c1-11-5-6-15(12(8-11)4-3-7-18)16(19)17-13-9-14(10-13)20-2/h5-6,8,13-14,18H,7,9-10H2,1-2H3,(H,17,19). The fraction of sp³-hybridized carbons (Fsp3) is 0.438. The molecule has 2 N–H and O–H groups in total. The Labute approximate surface area is 119 Å². The number of hydrogen-bond acceptors (Lipinski definition) is 3. The minimum Gasteiger partial charge on any atom is -0.384 e. The van der Waals surface area contributed by atoms with Crippen LogP contribution in [-0.2, 0) is 4.74 Å². The van der Waals surface area contributed by atoms with Gasteiger partial charge in [-0.3, -0.25) is 4.79 Å². The summed E-state index contributed by atoms with van der Waals surface area (Å²) < 4.78 is 5.19. The van der Waals surface area contributed by atoms with Gasteiger partial charge in [-0.25, -0.2) is 0 Å². The third-order valence-corrected chi connectivity index (χ3v) is 3.49. The lowest BCUT2D eigenvalue weighted by molar-refractivity contribution is 0.0176. The van der Waals surface area contributed by atoms with Crippen LogP contribution in [0.4, 0.5) is 0 Å². The van der Waals surface area contributed by atoms with Crippen molar-refractivity contribution in [1.29, 1.82) is 0 Å². The summed E-state index contributed by atoms with van der Waals surface area (Å²) >= 11 is 0. The predicted octanol–water partition coefficient (Wildman–Crippen LogP) is 1.25. The van der Waals surface area contributed by atoms with Crippen LogP contribution in [0.25, 0.3) is 0 Å². The average molecular weight is 273 g/mol. The molecule has 0 bridgehead atoms. The first-order valence-corrected chi connectivity index (χ1v) is 6.68. The monoisotopic (exact) mass is 273 g/mol. The third kappa shape index (κ3) is 3.38. The molecule has 1 aromatic carbocycles. The van der Waals surface area contributed by atoms with Crippen LogP contribution in [0.15, 0.2) is 18.2 Å². The van der Waals surface area contributed by atoms with Gasteiger partial charge >= 0.3 is 0 Å². The molecule has 0 saturated heterocycles. The highest BCUT2D eigenvalue weighted by atomic mass is 16.5. The third-order valence-electron chi connectivity index (χ3n) is 3.49. The van der Waals surface area contributed by atoms with Crippen LogP contribution in [0.2, 0.25) is 0 Å². The molecule has 0 aliphatic heterocycles. The molecular formula is C16H19NO3. The van der Waals surface area contributed by atoms with Gasteiger partial charge in [0.15, 0.2) is 0 Å². The number of carbonyl (C=O) groups is 1. The van der Waals surface area contributed by atoms with Crippen molar-refractivity contribution in [3.63, 3.8) is 0 Å². The minimum absolute atomic E-state index is 0.119. The molecule has 2 rings (SSSR count). The zero-order chi connectivity index (χ0) is 14.5. The number of aryl methyl sites for hydroxylation is 1. The summed E-state index contributed by atoms with van der Waals surface area (Å²) in [4.78, 5) is 12.3. The molecule has 0 atom stereocenters. The molecule has 0 spiro atoms. The number of benzene rings is 1. The zero-order valence-corrected chi connectivity index (χ0v) is 11.8. The van der Waals surface area contributed by atoms with Gasteiger partial charge in [0, 0.05) is 18.7 Å². The highest BCUT2D eigenvalue weighted by Crippen LogP contribution is 2.23. The molecule has 20 heavy (non-hydrogen) atoms. The van der Waals surface area contributed by atoms with Crippen LogP contribution >= 0.6 is 0 Å². The maximum atomic E-state index is 12.3. The lowest BCUT2D eigenvalue weighted by Gasteiger charge is -2.34. The van der Waals surface area contributed by atoms with Crippen molar-refractivity contribution in [3.05, 3.63) is 34.9 Å². The number of aliphatic hydroxyl groups is 1. The van der Waals surface area contributed by atoms with E-state index in [9.17, 15) is 4.79 Å². The zero-order valence-electron chi connectivity index (χ0n) is 11.8. The van der Waals surface area contributed by atoms with Crippen LogP contribution < -0.4 is 5.32 Å². The smallest absolute Gasteiger partial charge is 0.252 e. The average Bonchev–Trinajstić information content (AvgIpc) is 2.39. The van der Waals surface area contributed by atoms with Gasteiger partial charge in [-0.15, -0.1) is 0 Å². The van der Waals surface area contributed by atoms with Crippen LogP contribution in [0.5, 0.6) is 0 Å². The molecule has 0 unspecified atom stereocenters. The van der Waals surface area contributed by atoms with Crippen molar-refractivity contribution in [3.8, 4) is 11.8 Å². The molecular weight excluding hydrogens is 254 g/mol. The van der Waals surface area contributed by atoms with E-state index in [1.54, 1.807) is 13.2 Å². The van der Waals surface area contributed by atoms with E-state index in [0.717, 1.165) is 18.4 Å². The predicted molar refractivity (Wildman–Crippen MR) is 76.4 cm³/mol. The van der Waals surface area contributed by atoms with E-state index in [2.05, 4.69) is 17.2 Å². The molecule has 1 amide bonds. The Balaban J connectivity index is 2.09. The van der Waals surface area contributed by atoms with Gasteiger partial charge in [-0.05, 0) is 37.5 Å². The van der Waals surface area contributed by atoms with Crippen molar-refractivity contribution in [2.45, 2.75) is 31.9 Å². The second kappa shape index (κ2) is 6.56. The van der Waals surface area contributed by atoms with E-state index in [1.165, 1.54) is 0 Å². The van der Waals surface area contributed by atoms with Gasteiger partial charge < -0.3 is 15.2 Å². The molecule has 4 heteroatoms. The summed E-state index contributed by atoms with van der Waals surface area (Å²) in [6, 6.07) is 5.69. The largest absolute Gasteiger partial charge is 0.384 e. The summed E-state index contributed by atoms with van der Waals surface area (Å²) in [6.07, 6.45) is 1.96. The second-order valence-electron chi connectivity index (χ2n) is 5.01. The maximum Gasteiger partial charge on any atom is 0.252 e. The number of hydrogen-bond donors (Lipinski definition) is 2. The van der Waals surface area contributed by atoms with Gasteiger partial charge in [0.2, 0.25) is 0 Å². The number of carbonyl (C=O) groups excluding carboxylic acids is 1. The molecule has 1 fully saturated rings. The number of rotatable bonds is 3. The minimum atomic E-state index is -0.215. The molecule has 0 radical (unpaired) electrons. The van der Waals surface area contributed by atoms with Crippen LogP contribution in [0, 0.1) is 18.8 Å². The van der Waals surface area contributed by atoms with E-state index in [1.807, 2.05) is 19.1 Å². The lowest BCUT2D eigenvalue weighted by atomic mass is 9.89. The Morgan fingerprint density at radius 3 is 2.90 bits per heavy atom. The number of ether oxygens (including phenoxy) is 1. The van der Waals surface area contributed by atoms with Gasteiger partial charge in [0.05, 0.1) is 11.7 Å². The van der Waals surface area contributed by atoms with Crippen molar-refractivity contribution in [1.82, 2.24) is 5.32 Å². The lowest BCUT2D eigenvalue weighted by Crippen LogP contribution is -2.47. The highest BCUT2D eigenvalue weighted by Gasteiger charge is 2.30. The SMILES string of the molecule is COC1CC(NC(=O)c2ccc(C)cc2C#CCO)C1. The summed E-state index contributed by atoms with van der Waals surface area (Å²) in [5, 5.41) is 11.8. The Hall–Kier alpha value is -1.83. The van der Waals surface area contributed by atoms with Crippen LogP contribution in [0.1, 0.15) is 34.3 Å². The van der Waals surface area contributed by atoms with Crippen molar-refractivity contribution in [2.24, 2.45) is 0 Å². The van der Waals surface area contributed by atoms with E-state index >= 15 is 0 Å². The summed E-state index contributed by atoms with van der Waals surface area (Å²) in [5.74, 6) is 5.30. The summed E-state index contributed by atoms with van der Waals surface area (Å²) in [7, 11) is 1.69. The molecule has 106 valence electrons. The molecule has 0 heterocycles. The van der Waals surface area contributed by atoms with Gasteiger partial charge in [0.1, 0.15) is 6.61 Å². The maximum absolute atomic E-state index is 12.3. The Morgan fingerprint density at radius 1 is 1.50 bits per heavy atom. The fourth-order valence-electron chi connectivity index (χ4n) is 2.23. The molecule has 1 saturated carbocycles. The number of methoxy groups -OCH3 is 1. The van der Waals surface area contributed by atoms with E-state index < -0.39 is 0 Å². The number of nitrogens with one attached hydrogen (secondary N) is 1. The van der Waals surface area contributed by atoms with Crippen molar-refractivity contribution in [2.75, 3.05) is 13.7 Å². The van der Waals surface area contributed by atoms with Crippen LogP contribution in [0.3, 0.4) is 0 Å². The topological polar surface area (TPSA) is 58.6 Å². The van der Waals surface area contributed by atoms with Gasteiger partial charge in [-0.2, -0.15) is 0 Å². The highest BCUT2D eigenvalue weighted by molar-refractivity contribution is 5.97. The summed E-state index contributed by atoms with van der Waals surface area (Å²) in [5.41, 5.74) is 2.24. The van der Waals surface area contributed by atoms with Crippen molar-refractivity contribution < 1.29 is 14.6 Å². The van der Waals surface area contributed by atoms with E-state index in [0.29, 0.717) is 11.1 Å². The van der Waals surface area contributed by atoms with E-state index in [4.69, 9.17) is 9.84 Å². The van der Waals surface area contributed by atoms with Crippen molar-refractivity contribution >= 4 is 5.91 Å². The van der Waals surface area contributed by atoms with E-state index in [-0.39, 0.29) is 24.7 Å². The molecule has 4 nitrogen and oxygen atoms in total. The first-order valence-electron chi connectivity index (χ1n) is 6.68. The summed E-state index contributed by atoms with van der Waals surface area (Å²) in [6.45, 7) is 1.73. The fourth-order valence-corrected chi connectivity index (χ4v) is 2.23. The second-order valence-corrected chi connectivity index (χ2v) is 5.01. The van der Waals surface area contributed by atoms with Gasteiger partial charge in [0.25, 0.3) is 5.91 Å². The molecule has 1 aromatic rings. The first-order chi connectivity index (χ1) is 9.63. The first kappa shape index (κ1) is 14.6. The molecule has 0 aromatic heterocycles. The van der Waals surface area contributed by atoms with Crippen LogP contribution in [-0.4, -0.2) is 36.9 Å². The Bertz CT molecular complexity index is 551. The Kier molecular flexibility index (Phi) is 4.78. The quantitative estimate of drug-likeness (QED) is 0.815. The number of amides is 1. The number of aliphatic hydroxyl groups excluding tert-OH is 1. The van der Waals surface area contributed by atoms with Gasteiger partial charge in [-0.1, -0.05) is 17.9 Å².